The zero-order valence-corrected chi connectivity index (χ0v) is 15.3. The molecule has 0 bridgehead atoms. The molecule has 24 heavy (non-hydrogen) atoms. The number of halogens is 1. The van der Waals surface area contributed by atoms with Crippen molar-refractivity contribution in [3.63, 3.8) is 0 Å². The van der Waals surface area contributed by atoms with Gasteiger partial charge < -0.3 is 4.90 Å². The van der Waals surface area contributed by atoms with Crippen LogP contribution in [0.5, 0.6) is 0 Å². The molecule has 0 spiro atoms. The minimum Gasteiger partial charge on any atom is -0.356 e. The summed E-state index contributed by atoms with van der Waals surface area (Å²) in [5, 5.41) is 0.601. The Morgan fingerprint density at radius 2 is 2.04 bits per heavy atom. The normalized spacial score (nSPS) is 10.7. The lowest BCUT2D eigenvalue weighted by atomic mass is 10.0. The first kappa shape index (κ1) is 18.4. The van der Waals surface area contributed by atoms with Gasteiger partial charge in [-0.15, -0.1) is 0 Å². The van der Waals surface area contributed by atoms with E-state index in [2.05, 4.69) is 21.8 Å². The molecule has 0 radical (unpaired) electrons. The molecule has 0 amide bonds. The largest absolute Gasteiger partial charge is 0.356 e. The number of aryl methyl sites for hydroxylation is 1. The van der Waals surface area contributed by atoms with Crippen LogP contribution in [0.3, 0.4) is 0 Å². The molecular formula is C18H22FN3OS. The van der Waals surface area contributed by atoms with E-state index < -0.39 is 0 Å². The lowest BCUT2D eigenvalue weighted by Gasteiger charge is -2.24. The molecule has 0 saturated heterocycles. The Balaban J connectivity index is 2.72. The van der Waals surface area contributed by atoms with Gasteiger partial charge in [-0.3, -0.25) is 4.79 Å². The molecule has 6 heteroatoms. The fraction of sp³-hybridized carbons (Fsp3) is 0.389. The van der Waals surface area contributed by atoms with Crippen molar-refractivity contribution in [1.82, 2.24) is 9.97 Å². The van der Waals surface area contributed by atoms with Crippen molar-refractivity contribution in [2.24, 2.45) is 0 Å². The van der Waals surface area contributed by atoms with Gasteiger partial charge in [-0.2, -0.15) is 0 Å². The molecule has 4 nitrogen and oxygen atoms in total. The standard InChI is InChI=1S/C18H22FN3OS/c1-5-9-22(6-2)17-15(11-23)16(20-18(21-17)24-4)14-8-7-13(19)10-12(14)3/h7-8,10-11H,5-6,9H2,1-4H3. The highest BCUT2D eigenvalue weighted by molar-refractivity contribution is 7.98. The second-order valence-electron chi connectivity index (χ2n) is 5.45. The average molecular weight is 347 g/mol. The number of aldehydes is 1. The molecule has 0 fully saturated rings. The molecule has 2 aromatic rings. The minimum atomic E-state index is -0.301. The number of carbonyl (C=O) groups is 1. The van der Waals surface area contributed by atoms with Gasteiger partial charge >= 0.3 is 0 Å². The molecule has 1 heterocycles. The van der Waals surface area contributed by atoms with Gasteiger partial charge in [0.1, 0.15) is 11.6 Å². The van der Waals surface area contributed by atoms with Gasteiger partial charge in [0.15, 0.2) is 11.4 Å². The van der Waals surface area contributed by atoms with Crippen LogP contribution in [-0.4, -0.2) is 35.6 Å². The summed E-state index contributed by atoms with van der Waals surface area (Å²) in [7, 11) is 0. The van der Waals surface area contributed by atoms with Crippen molar-refractivity contribution in [3.8, 4) is 11.3 Å². The third-order valence-electron chi connectivity index (χ3n) is 3.82. The third-order valence-corrected chi connectivity index (χ3v) is 4.37. The van der Waals surface area contributed by atoms with Gasteiger partial charge in [0.05, 0.1) is 11.3 Å². The summed E-state index contributed by atoms with van der Waals surface area (Å²) in [5.41, 5.74) is 2.52. The highest BCUT2D eigenvalue weighted by Gasteiger charge is 2.20. The number of carbonyl (C=O) groups excluding carboxylic acids is 1. The Morgan fingerprint density at radius 1 is 1.29 bits per heavy atom. The van der Waals surface area contributed by atoms with Crippen molar-refractivity contribution in [3.05, 3.63) is 35.1 Å². The summed E-state index contributed by atoms with van der Waals surface area (Å²) in [4.78, 5) is 23.0. The maximum Gasteiger partial charge on any atom is 0.189 e. The Labute approximate surface area is 146 Å². The molecular weight excluding hydrogens is 325 g/mol. The first-order chi connectivity index (χ1) is 11.5. The van der Waals surface area contributed by atoms with Gasteiger partial charge in [-0.25, -0.2) is 14.4 Å². The number of hydrogen-bond donors (Lipinski definition) is 0. The van der Waals surface area contributed by atoms with E-state index in [-0.39, 0.29) is 5.82 Å². The van der Waals surface area contributed by atoms with Gasteiger partial charge in [0.25, 0.3) is 0 Å². The number of aromatic nitrogens is 2. The lowest BCUT2D eigenvalue weighted by molar-refractivity contribution is 0.112. The molecule has 2 rings (SSSR count). The molecule has 0 atom stereocenters. The van der Waals surface area contributed by atoms with Crippen LogP contribution in [0.1, 0.15) is 36.2 Å². The van der Waals surface area contributed by atoms with Gasteiger partial charge in [-0.05, 0) is 50.3 Å². The van der Waals surface area contributed by atoms with Crippen molar-refractivity contribution >= 4 is 23.9 Å². The summed E-state index contributed by atoms with van der Waals surface area (Å²) in [6.45, 7) is 7.50. The van der Waals surface area contributed by atoms with E-state index in [0.29, 0.717) is 22.2 Å². The number of thioether (sulfide) groups is 1. The van der Waals surface area contributed by atoms with Crippen molar-refractivity contribution < 1.29 is 9.18 Å². The van der Waals surface area contributed by atoms with Crippen molar-refractivity contribution in [2.45, 2.75) is 32.3 Å². The number of nitrogens with zero attached hydrogens (tertiary/aromatic N) is 3. The van der Waals surface area contributed by atoms with Crippen LogP contribution < -0.4 is 4.90 Å². The molecule has 0 saturated carbocycles. The molecule has 1 aromatic heterocycles. The average Bonchev–Trinajstić information content (AvgIpc) is 2.58. The van der Waals surface area contributed by atoms with Gasteiger partial charge in [0, 0.05) is 18.7 Å². The zero-order valence-electron chi connectivity index (χ0n) is 14.5. The first-order valence-corrected chi connectivity index (χ1v) is 9.20. The third kappa shape index (κ3) is 3.75. The SMILES string of the molecule is CCCN(CC)c1nc(SC)nc(-c2ccc(F)cc2C)c1C=O. The van der Waals surface area contributed by atoms with Gasteiger partial charge in [0.2, 0.25) is 0 Å². The fourth-order valence-electron chi connectivity index (χ4n) is 2.66. The van der Waals surface area contributed by atoms with Crippen LogP contribution in [0.4, 0.5) is 10.2 Å². The topological polar surface area (TPSA) is 46.1 Å². The molecule has 128 valence electrons. The molecule has 1 aromatic carbocycles. The van der Waals surface area contributed by atoms with Crippen molar-refractivity contribution in [1.29, 1.82) is 0 Å². The Morgan fingerprint density at radius 3 is 2.58 bits per heavy atom. The van der Waals surface area contributed by atoms with E-state index in [1.54, 1.807) is 6.07 Å². The second-order valence-corrected chi connectivity index (χ2v) is 6.23. The lowest BCUT2D eigenvalue weighted by Crippen LogP contribution is -2.26. The summed E-state index contributed by atoms with van der Waals surface area (Å²) in [5.74, 6) is 0.344. The summed E-state index contributed by atoms with van der Waals surface area (Å²) in [6, 6.07) is 4.51. The highest BCUT2D eigenvalue weighted by Crippen LogP contribution is 2.31. The van der Waals surface area contributed by atoms with E-state index in [4.69, 9.17) is 0 Å². The molecule has 0 aliphatic heterocycles. The Hall–Kier alpha value is -1.95. The van der Waals surface area contributed by atoms with Crippen LogP contribution in [0.25, 0.3) is 11.3 Å². The smallest absolute Gasteiger partial charge is 0.189 e. The summed E-state index contributed by atoms with van der Waals surface area (Å²) in [6.07, 6.45) is 3.66. The van der Waals surface area contributed by atoms with Crippen LogP contribution in [0, 0.1) is 12.7 Å². The predicted octanol–water partition coefficient (Wildman–Crippen LogP) is 4.36. The zero-order chi connectivity index (χ0) is 17.7. The maximum atomic E-state index is 13.4. The number of benzene rings is 1. The fourth-order valence-corrected chi connectivity index (χ4v) is 3.02. The molecule has 0 N–H and O–H groups in total. The minimum absolute atomic E-state index is 0.301. The number of hydrogen-bond acceptors (Lipinski definition) is 5. The summed E-state index contributed by atoms with van der Waals surface area (Å²) >= 11 is 1.43. The van der Waals surface area contributed by atoms with Crippen LogP contribution >= 0.6 is 11.8 Å². The molecule has 0 aliphatic carbocycles. The Bertz CT molecular complexity index is 736. The second kappa shape index (κ2) is 8.24. The van der Waals surface area contributed by atoms with E-state index >= 15 is 0 Å². The predicted molar refractivity (Wildman–Crippen MR) is 97.5 cm³/mol. The molecule has 0 aliphatic rings. The van der Waals surface area contributed by atoms with E-state index in [0.717, 1.165) is 36.9 Å². The van der Waals surface area contributed by atoms with E-state index in [1.165, 1.54) is 23.9 Å². The highest BCUT2D eigenvalue weighted by atomic mass is 32.2. The summed E-state index contributed by atoms with van der Waals surface area (Å²) < 4.78 is 13.4. The quantitative estimate of drug-likeness (QED) is 0.423. The molecule has 0 unspecified atom stereocenters. The first-order valence-electron chi connectivity index (χ1n) is 7.98. The van der Waals surface area contributed by atoms with Gasteiger partial charge in [-0.1, -0.05) is 18.7 Å². The van der Waals surface area contributed by atoms with Crippen LogP contribution in [0.2, 0.25) is 0 Å². The van der Waals surface area contributed by atoms with E-state index in [1.807, 2.05) is 20.1 Å². The maximum absolute atomic E-state index is 13.4. The van der Waals surface area contributed by atoms with E-state index in [9.17, 15) is 9.18 Å². The van der Waals surface area contributed by atoms with Crippen LogP contribution in [0.15, 0.2) is 23.4 Å². The van der Waals surface area contributed by atoms with Crippen molar-refractivity contribution in [2.75, 3.05) is 24.2 Å². The number of rotatable bonds is 7. The number of anilines is 1. The monoisotopic (exact) mass is 347 g/mol. The Kier molecular flexibility index (Phi) is 6.31. The van der Waals surface area contributed by atoms with Crippen LogP contribution in [-0.2, 0) is 0 Å².